The number of hydrogen-bond donors (Lipinski definition) is 0. The molecular weight excluding hydrogens is 482 g/mol. The summed E-state index contributed by atoms with van der Waals surface area (Å²) in [5.74, 6) is 0. The molecule has 40 heavy (non-hydrogen) atoms. The van der Waals surface area contributed by atoms with Gasteiger partial charge in [-0.1, -0.05) is 121 Å². The Labute approximate surface area is 233 Å². The molecule has 0 spiro atoms. The van der Waals surface area contributed by atoms with Crippen LogP contribution in [0.4, 0.5) is 17.1 Å². The Bertz CT molecular complexity index is 2200. The van der Waals surface area contributed by atoms with Gasteiger partial charge in [0.1, 0.15) is 0 Å². The van der Waals surface area contributed by atoms with E-state index in [9.17, 15) is 0 Å². The smallest absolute Gasteiger partial charge is 0.333 e. The van der Waals surface area contributed by atoms with Crippen molar-refractivity contribution in [2.45, 2.75) is 0 Å². The van der Waals surface area contributed by atoms with Gasteiger partial charge in [-0.05, 0) is 45.6 Å². The Morgan fingerprint density at radius 2 is 1.15 bits per heavy atom. The molecule has 0 unspecified atom stereocenters. The molecule has 6 aromatic carbocycles. The van der Waals surface area contributed by atoms with Crippen LogP contribution in [0.5, 0.6) is 0 Å². The summed E-state index contributed by atoms with van der Waals surface area (Å²) >= 11 is 0. The van der Waals surface area contributed by atoms with Crippen LogP contribution >= 0.6 is 0 Å². The largest absolute Gasteiger partial charge is 0.375 e. The molecule has 4 heterocycles. The van der Waals surface area contributed by atoms with Crippen molar-refractivity contribution in [1.82, 2.24) is 4.48 Å². The van der Waals surface area contributed by atoms with Crippen molar-refractivity contribution >= 4 is 79.7 Å². The molecule has 0 fully saturated rings. The number of anilines is 3. The van der Waals surface area contributed by atoms with E-state index in [1.807, 2.05) is 0 Å². The van der Waals surface area contributed by atoms with Crippen LogP contribution in [0, 0.1) is 0 Å². The fourth-order valence-electron chi connectivity index (χ4n) is 8.00. The molecule has 182 valence electrons. The van der Waals surface area contributed by atoms with Crippen LogP contribution in [-0.4, -0.2) is 18.0 Å². The van der Waals surface area contributed by atoms with E-state index in [4.69, 9.17) is 0 Å². The van der Waals surface area contributed by atoms with Crippen LogP contribution in [0.1, 0.15) is 0 Å². The average Bonchev–Trinajstić information content (AvgIpc) is 3.36. The van der Waals surface area contributed by atoms with Crippen molar-refractivity contribution in [3.8, 4) is 11.1 Å². The Hall–Kier alpha value is -4.95. The van der Waals surface area contributed by atoms with Gasteiger partial charge in [0.05, 0.1) is 0 Å². The molecule has 0 atom stereocenters. The minimum atomic E-state index is 0.108. The van der Waals surface area contributed by atoms with E-state index in [2.05, 4.69) is 143 Å². The second kappa shape index (κ2) is 7.37. The van der Waals surface area contributed by atoms with E-state index in [1.54, 1.807) is 0 Å². The molecule has 0 saturated carbocycles. The number of nitrogens with zero attached hydrogens (tertiary/aromatic N) is 2. The van der Waals surface area contributed by atoms with Gasteiger partial charge in [-0.3, -0.25) is 0 Å². The van der Waals surface area contributed by atoms with Crippen LogP contribution in [-0.2, 0) is 0 Å². The summed E-state index contributed by atoms with van der Waals surface area (Å²) in [5, 5.41) is 2.66. The maximum absolute atomic E-state index is 2.64. The van der Waals surface area contributed by atoms with Gasteiger partial charge in [-0.2, -0.15) is 0 Å². The Morgan fingerprint density at radius 3 is 2.10 bits per heavy atom. The number of benzene rings is 6. The van der Waals surface area contributed by atoms with Crippen LogP contribution < -0.4 is 32.2 Å². The molecule has 3 aliphatic rings. The number of para-hydroxylation sites is 4. The van der Waals surface area contributed by atoms with Crippen LogP contribution in [0.2, 0.25) is 0 Å². The SMILES string of the molecule is c1ccc(B2c3ccccc3N3c4cccc5c4B(c4cccc2c43)n2c3ccccc3c3cccc-5c32)cc1. The van der Waals surface area contributed by atoms with E-state index in [0.717, 1.165) is 0 Å². The molecule has 4 heteroatoms. The van der Waals surface area contributed by atoms with Crippen LogP contribution in [0.25, 0.3) is 32.9 Å². The molecule has 0 amide bonds. The van der Waals surface area contributed by atoms with Crippen LogP contribution in [0.3, 0.4) is 0 Å². The summed E-state index contributed by atoms with van der Waals surface area (Å²) in [6.45, 7) is 0.294. The predicted molar refractivity (Wildman–Crippen MR) is 171 cm³/mol. The lowest BCUT2D eigenvalue weighted by molar-refractivity contribution is 1.26. The number of hydrogen-bond acceptors (Lipinski definition) is 1. The predicted octanol–water partition coefficient (Wildman–Crippen LogP) is 5.04. The highest BCUT2D eigenvalue weighted by molar-refractivity contribution is 7.00. The molecule has 1 aromatic heterocycles. The first-order chi connectivity index (χ1) is 19.9. The van der Waals surface area contributed by atoms with Crippen molar-refractivity contribution in [2.75, 3.05) is 4.90 Å². The first kappa shape index (κ1) is 20.9. The molecule has 3 aliphatic heterocycles. The van der Waals surface area contributed by atoms with Gasteiger partial charge >= 0.3 is 6.85 Å². The van der Waals surface area contributed by atoms with Gasteiger partial charge in [0.2, 0.25) is 6.71 Å². The zero-order valence-corrected chi connectivity index (χ0v) is 21.8. The topological polar surface area (TPSA) is 8.17 Å². The summed E-state index contributed by atoms with van der Waals surface area (Å²) in [5.41, 5.74) is 16.1. The lowest BCUT2D eigenvalue weighted by Gasteiger charge is -2.45. The molecule has 0 aliphatic carbocycles. The van der Waals surface area contributed by atoms with Crippen LogP contribution in [0.15, 0.2) is 133 Å². The highest BCUT2D eigenvalue weighted by atomic mass is 15.2. The first-order valence-electron chi connectivity index (χ1n) is 14.1. The van der Waals surface area contributed by atoms with Gasteiger partial charge < -0.3 is 9.38 Å². The second-order valence-corrected chi connectivity index (χ2v) is 11.3. The van der Waals surface area contributed by atoms with Gasteiger partial charge in [0.25, 0.3) is 0 Å². The Kier molecular flexibility index (Phi) is 3.86. The third kappa shape index (κ3) is 2.40. The van der Waals surface area contributed by atoms with E-state index < -0.39 is 0 Å². The average molecular weight is 504 g/mol. The molecular formula is C36H22B2N2. The van der Waals surface area contributed by atoms with Crippen molar-refractivity contribution in [1.29, 1.82) is 0 Å². The maximum atomic E-state index is 2.64. The van der Waals surface area contributed by atoms with Gasteiger partial charge in [-0.15, -0.1) is 0 Å². The minimum Gasteiger partial charge on any atom is -0.375 e. The normalized spacial score (nSPS) is 13.8. The van der Waals surface area contributed by atoms with Crippen molar-refractivity contribution < 1.29 is 0 Å². The molecule has 0 bridgehead atoms. The third-order valence-corrected chi connectivity index (χ3v) is 9.43. The van der Waals surface area contributed by atoms with E-state index in [0.29, 0.717) is 0 Å². The lowest BCUT2D eigenvalue weighted by Crippen LogP contribution is -2.64. The summed E-state index contributed by atoms with van der Waals surface area (Å²) in [7, 11) is 0. The quantitative estimate of drug-likeness (QED) is 0.285. The van der Waals surface area contributed by atoms with Gasteiger partial charge in [-0.25, -0.2) is 0 Å². The minimum absolute atomic E-state index is 0.108. The molecule has 0 radical (unpaired) electrons. The number of aromatic nitrogens is 1. The third-order valence-electron chi connectivity index (χ3n) is 9.43. The van der Waals surface area contributed by atoms with E-state index in [1.165, 1.54) is 77.3 Å². The Morgan fingerprint density at radius 1 is 0.475 bits per heavy atom. The molecule has 10 rings (SSSR count). The number of fused-ring (bicyclic) bond motifs is 9. The second-order valence-electron chi connectivity index (χ2n) is 11.3. The summed E-state index contributed by atoms with van der Waals surface area (Å²) < 4.78 is 2.64. The van der Waals surface area contributed by atoms with Gasteiger partial charge in [0, 0.05) is 44.4 Å². The zero-order valence-electron chi connectivity index (χ0n) is 21.8. The maximum Gasteiger partial charge on any atom is 0.333 e. The fraction of sp³-hybridized carbons (Fsp3) is 0. The van der Waals surface area contributed by atoms with E-state index in [-0.39, 0.29) is 13.6 Å². The highest BCUT2D eigenvalue weighted by Crippen LogP contribution is 2.45. The standard InChI is InChI=1S/C36H22B2N2/c1-2-11-23(12-3-1)37-28-17-5-7-21-32(28)39-33-22-9-14-25-27-16-8-15-26-24-13-4-6-20-31(24)40(35(26)27)38(34(25)33)30-19-10-18-29(37)36(30)39/h1-22H. The summed E-state index contributed by atoms with van der Waals surface area (Å²) in [6.07, 6.45) is 0. The summed E-state index contributed by atoms with van der Waals surface area (Å²) in [6, 6.07) is 49.7. The monoisotopic (exact) mass is 504 g/mol. The first-order valence-corrected chi connectivity index (χ1v) is 14.1. The number of rotatable bonds is 1. The zero-order chi connectivity index (χ0) is 25.9. The molecule has 2 nitrogen and oxygen atoms in total. The molecule has 7 aromatic rings. The van der Waals surface area contributed by atoms with Crippen molar-refractivity contribution in [3.05, 3.63) is 133 Å². The summed E-state index contributed by atoms with van der Waals surface area (Å²) in [4.78, 5) is 2.56. The fourth-order valence-corrected chi connectivity index (χ4v) is 8.00. The lowest BCUT2D eigenvalue weighted by atomic mass is 9.33. The Balaban J connectivity index is 1.39. The highest BCUT2D eigenvalue weighted by Gasteiger charge is 2.46. The van der Waals surface area contributed by atoms with Crippen molar-refractivity contribution in [3.63, 3.8) is 0 Å². The van der Waals surface area contributed by atoms with E-state index >= 15 is 0 Å². The van der Waals surface area contributed by atoms with Gasteiger partial charge in [0.15, 0.2) is 0 Å². The van der Waals surface area contributed by atoms with Crippen molar-refractivity contribution in [2.24, 2.45) is 0 Å². The molecule has 0 N–H and O–H groups in total. The molecule has 0 saturated heterocycles.